The molecule has 0 spiro atoms. The van der Waals surface area contributed by atoms with Crippen molar-refractivity contribution < 1.29 is 18.0 Å². The molecule has 0 atom stereocenters. The van der Waals surface area contributed by atoms with Crippen LogP contribution >= 0.6 is 0 Å². The Kier molecular flexibility index (Phi) is 9.76. The number of nitrogens with one attached hydrogen (secondary N) is 3. The molecule has 0 aliphatic carbocycles. The quantitative estimate of drug-likeness (QED) is 0.185. The molecule has 1 amide bonds. The van der Waals surface area contributed by atoms with E-state index in [0.717, 1.165) is 49.0 Å². The molecule has 3 N–H and O–H groups in total. The van der Waals surface area contributed by atoms with Gasteiger partial charge >= 0.3 is 0 Å². The minimum absolute atomic E-state index is 0.0515. The second kappa shape index (κ2) is 14.5. The Balaban J connectivity index is 1.03. The molecule has 2 aromatic heterocycles. The number of fused-ring (bicyclic) bond motifs is 1. The number of anilines is 3. The van der Waals surface area contributed by atoms with Crippen LogP contribution in [0.4, 0.5) is 30.5 Å². The third kappa shape index (κ3) is 7.86. The number of carbonyl (C=O) groups is 1. The molecule has 13 heteroatoms. The Morgan fingerprint density at radius 2 is 1.81 bits per heavy atom. The Morgan fingerprint density at radius 1 is 0.979 bits per heavy atom. The zero-order chi connectivity index (χ0) is 33.6. The molecule has 1 aliphatic rings. The van der Waals surface area contributed by atoms with Crippen molar-refractivity contribution >= 4 is 40.2 Å². The number of rotatable bonds is 10. The van der Waals surface area contributed by atoms with E-state index in [1.165, 1.54) is 29.1 Å². The highest BCUT2D eigenvalue weighted by molar-refractivity contribution is 5.92. The van der Waals surface area contributed by atoms with Gasteiger partial charge in [-0.3, -0.25) is 9.59 Å². The maximum Gasteiger partial charge on any atom is 0.282 e. The van der Waals surface area contributed by atoms with Gasteiger partial charge in [-0.05, 0) is 86.6 Å². The van der Waals surface area contributed by atoms with Crippen molar-refractivity contribution in [3.8, 4) is 0 Å². The molecular weight excluding hydrogens is 621 g/mol. The number of halogens is 3. The highest BCUT2D eigenvalue weighted by atomic mass is 19.2. The number of piperidine rings is 1. The summed E-state index contributed by atoms with van der Waals surface area (Å²) in [6.07, 6.45) is 9.80. The van der Waals surface area contributed by atoms with Crippen LogP contribution in [0.25, 0.3) is 17.0 Å². The van der Waals surface area contributed by atoms with Gasteiger partial charge in [0, 0.05) is 42.3 Å². The van der Waals surface area contributed by atoms with Crippen LogP contribution in [-0.2, 0) is 6.54 Å². The van der Waals surface area contributed by atoms with Crippen molar-refractivity contribution in [2.45, 2.75) is 25.4 Å². The molecule has 1 fully saturated rings. The van der Waals surface area contributed by atoms with Crippen molar-refractivity contribution in [3.63, 3.8) is 0 Å². The van der Waals surface area contributed by atoms with Crippen LogP contribution in [0.1, 0.15) is 34.5 Å². The molecule has 0 radical (unpaired) electrons. The van der Waals surface area contributed by atoms with E-state index in [9.17, 15) is 22.8 Å². The molecular formula is C35H33F3N8O2. The molecule has 1 aliphatic heterocycles. The van der Waals surface area contributed by atoms with Crippen molar-refractivity contribution in [2.24, 2.45) is 0 Å². The number of aromatic nitrogens is 4. The van der Waals surface area contributed by atoms with Crippen LogP contribution in [0.15, 0.2) is 84.1 Å². The first-order chi connectivity index (χ1) is 23.2. The summed E-state index contributed by atoms with van der Waals surface area (Å²) in [5.74, 6) is -2.68. The second-order valence-corrected chi connectivity index (χ2v) is 11.6. The predicted octanol–water partition coefficient (Wildman–Crippen LogP) is 5.35. The number of hydrogen-bond acceptors (Lipinski definition) is 8. The maximum absolute atomic E-state index is 14.8. The smallest absolute Gasteiger partial charge is 0.282 e. The SMILES string of the molecule is CN1CCC(Nc2ccc(Nc3ncc4cc(C=CCNC(=O)c5nccn(Cc6ccc(F)c(F)c6)c5=O)ccc4n3)cc2F)CC1. The van der Waals surface area contributed by atoms with E-state index >= 15 is 0 Å². The molecule has 1 saturated heterocycles. The Bertz CT molecular complexity index is 2040. The van der Waals surface area contributed by atoms with Gasteiger partial charge in [-0.2, -0.15) is 0 Å². The summed E-state index contributed by atoms with van der Waals surface area (Å²) in [5.41, 5.74) is 1.93. The fourth-order valence-electron chi connectivity index (χ4n) is 5.42. The lowest BCUT2D eigenvalue weighted by Crippen LogP contribution is -2.36. The molecule has 3 aromatic carbocycles. The first kappa shape index (κ1) is 32.4. The van der Waals surface area contributed by atoms with E-state index in [1.807, 2.05) is 18.2 Å². The molecule has 5 aromatic rings. The lowest BCUT2D eigenvalue weighted by molar-refractivity contribution is 0.0950. The van der Waals surface area contributed by atoms with Gasteiger partial charge in [0.1, 0.15) is 5.82 Å². The minimum Gasteiger partial charge on any atom is -0.380 e. The second-order valence-electron chi connectivity index (χ2n) is 11.6. The summed E-state index contributed by atoms with van der Waals surface area (Å²) in [7, 11) is 2.09. The van der Waals surface area contributed by atoms with E-state index in [0.29, 0.717) is 28.4 Å². The molecule has 0 saturated carbocycles. The molecule has 246 valence electrons. The molecule has 3 heterocycles. The zero-order valence-corrected chi connectivity index (χ0v) is 26.1. The number of likely N-dealkylation sites (tertiary alicyclic amines) is 1. The van der Waals surface area contributed by atoms with Crippen LogP contribution in [0.3, 0.4) is 0 Å². The van der Waals surface area contributed by atoms with E-state index in [1.54, 1.807) is 30.5 Å². The van der Waals surface area contributed by atoms with Gasteiger partial charge in [-0.1, -0.05) is 24.3 Å². The van der Waals surface area contributed by atoms with Crippen molar-refractivity contribution in [1.29, 1.82) is 0 Å². The van der Waals surface area contributed by atoms with Crippen LogP contribution in [0, 0.1) is 17.5 Å². The molecule has 10 nitrogen and oxygen atoms in total. The standard InChI is InChI=1S/C35H33F3N8O2/c1-45-14-10-25(11-15-45)42-31-9-6-26(19-29(31)38)43-35-41-20-24-17-22(5-8-30(24)44-35)3-2-12-40-33(47)32-34(48)46(16-13-39-32)21-23-4-7-27(36)28(37)18-23/h2-9,13,16-20,25,42H,10-12,14-15,21H2,1H3,(H,40,47)(H,41,43,44). The summed E-state index contributed by atoms with van der Waals surface area (Å²) < 4.78 is 42.9. The highest BCUT2D eigenvalue weighted by Crippen LogP contribution is 2.24. The average molecular weight is 655 g/mol. The van der Waals surface area contributed by atoms with Crippen LogP contribution in [-0.4, -0.2) is 63.0 Å². The summed E-state index contributed by atoms with van der Waals surface area (Å²) >= 11 is 0. The van der Waals surface area contributed by atoms with E-state index in [-0.39, 0.29) is 30.6 Å². The van der Waals surface area contributed by atoms with Gasteiger partial charge < -0.3 is 25.4 Å². The summed E-state index contributed by atoms with van der Waals surface area (Å²) in [6.45, 7) is 2.04. The third-order valence-corrected chi connectivity index (χ3v) is 8.06. The van der Waals surface area contributed by atoms with Gasteiger partial charge in [-0.25, -0.2) is 28.1 Å². The minimum atomic E-state index is -1.02. The lowest BCUT2D eigenvalue weighted by Gasteiger charge is -2.30. The van der Waals surface area contributed by atoms with Crippen molar-refractivity contribution in [2.75, 3.05) is 37.3 Å². The Labute approximate surface area is 274 Å². The average Bonchev–Trinajstić information content (AvgIpc) is 3.08. The molecule has 0 unspecified atom stereocenters. The van der Waals surface area contributed by atoms with Gasteiger partial charge in [0.2, 0.25) is 5.95 Å². The predicted molar refractivity (Wildman–Crippen MR) is 179 cm³/mol. The van der Waals surface area contributed by atoms with Crippen LogP contribution in [0.2, 0.25) is 0 Å². The Morgan fingerprint density at radius 3 is 2.60 bits per heavy atom. The number of benzene rings is 3. The Hall–Kier alpha value is -5.56. The van der Waals surface area contributed by atoms with Crippen LogP contribution < -0.4 is 21.5 Å². The first-order valence-electron chi connectivity index (χ1n) is 15.4. The number of hydrogen-bond donors (Lipinski definition) is 3. The van der Waals surface area contributed by atoms with Gasteiger partial charge in [-0.15, -0.1) is 0 Å². The number of nitrogens with zero attached hydrogens (tertiary/aromatic N) is 5. The normalized spacial score (nSPS) is 14.0. The highest BCUT2D eigenvalue weighted by Gasteiger charge is 2.18. The topological polar surface area (TPSA) is 117 Å². The molecule has 6 rings (SSSR count). The summed E-state index contributed by atoms with van der Waals surface area (Å²) in [5, 5.41) is 9.80. The maximum atomic E-state index is 14.8. The van der Waals surface area contributed by atoms with Crippen molar-refractivity contribution in [1.82, 2.24) is 29.7 Å². The van der Waals surface area contributed by atoms with Gasteiger partial charge in [0.25, 0.3) is 11.5 Å². The molecule has 48 heavy (non-hydrogen) atoms. The lowest BCUT2D eigenvalue weighted by atomic mass is 10.1. The van der Waals surface area contributed by atoms with E-state index in [2.05, 4.69) is 42.8 Å². The fraction of sp³-hybridized carbons (Fsp3) is 0.229. The zero-order valence-electron chi connectivity index (χ0n) is 26.1. The first-order valence-corrected chi connectivity index (χ1v) is 15.4. The monoisotopic (exact) mass is 654 g/mol. The summed E-state index contributed by atoms with van der Waals surface area (Å²) in [6, 6.07) is 14.1. The largest absolute Gasteiger partial charge is 0.380 e. The van der Waals surface area contributed by atoms with Crippen LogP contribution in [0.5, 0.6) is 0 Å². The molecule has 0 bridgehead atoms. The van der Waals surface area contributed by atoms with Gasteiger partial charge in [0.05, 0.1) is 17.7 Å². The number of amides is 1. The van der Waals surface area contributed by atoms with E-state index < -0.39 is 23.1 Å². The van der Waals surface area contributed by atoms with E-state index in [4.69, 9.17) is 0 Å². The van der Waals surface area contributed by atoms with Crippen molar-refractivity contribution in [3.05, 3.63) is 124 Å². The fourth-order valence-corrected chi connectivity index (χ4v) is 5.42. The third-order valence-electron chi connectivity index (χ3n) is 8.06. The number of carbonyl (C=O) groups excluding carboxylic acids is 1. The summed E-state index contributed by atoms with van der Waals surface area (Å²) in [4.78, 5) is 40.6. The van der Waals surface area contributed by atoms with Gasteiger partial charge in [0.15, 0.2) is 17.3 Å².